The first-order valence-electron chi connectivity index (χ1n) is 5.70. The molecule has 4 rings (SSSR count). The molecule has 0 atom stereocenters. The molecule has 0 spiro atoms. The molecule has 0 amide bonds. The summed E-state index contributed by atoms with van der Waals surface area (Å²) >= 11 is 0. The number of hydrogen-bond acceptors (Lipinski definition) is 1. The van der Waals surface area contributed by atoms with Crippen LogP contribution in [0.3, 0.4) is 0 Å². The molecule has 0 aromatic rings. The van der Waals surface area contributed by atoms with Gasteiger partial charge in [-0.3, -0.25) is 0 Å². The van der Waals surface area contributed by atoms with Gasteiger partial charge < -0.3 is 0 Å². The van der Waals surface area contributed by atoms with Crippen molar-refractivity contribution in [1.82, 2.24) is 0 Å². The molecule has 1 heteroatoms. The molecule has 0 aromatic carbocycles. The zero-order chi connectivity index (χ0) is 8.94. The summed E-state index contributed by atoms with van der Waals surface area (Å²) in [7, 11) is 0. The van der Waals surface area contributed by atoms with Gasteiger partial charge in [-0.25, -0.2) is 0 Å². The maximum atomic E-state index is 8.95. The lowest BCUT2D eigenvalue weighted by Gasteiger charge is -2.71. The fraction of sp³-hybridized carbons (Fsp3) is 0.917. The molecule has 2 bridgehead atoms. The Kier molecular flexibility index (Phi) is 1.38. The maximum Gasteiger partial charge on any atom is 0.0690 e. The first-order chi connectivity index (χ1) is 6.29. The summed E-state index contributed by atoms with van der Waals surface area (Å²) in [5, 5.41) is 8.95. The van der Waals surface area contributed by atoms with Crippen molar-refractivity contribution in [1.29, 1.82) is 5.26 Å². The van der Waals surface area contributed by atoms with E-state index in [1.165, 1.54) is 51.4 Å². The van der Waals surface area contributed by atoms with Crippen molar-refractivity contribution in [3.05, 3.63) is 0 Å². The molecule has 4 fully saturated rings. The van der Waals surface area contributed by atoms with E-state index in [1.807, 2.05) is 0 Å². The second-order valence-electron chi connectivity index (χ2n) is 5.62. The average Bonchev–Trinajstić information content (AvgIpc) is 2.02. The number of rotatable bonds is 1. The molecule has 0 aromatic heterocycles. The minimum atomic E-state index is 0.178. The monoisotopic (exact) mass is 175 g/mol. The van der Waals surface area contributed by atoms with Gasteiger partial charge in [-0.15, -0.1) is 0 Å². The van der Waals surface area contributed by atoms with E-state index in [4.69, 9.17) is 5.26 Å². The minimum absolute atomic E-state index is 0.178. The molecule has 4 aliphatic rings. The van der Waals surface area contributed by atoms with Crippen molar-refractivity contribution in [2.24, 2.45) is 16.7 Å². The van der Waals surface area contributed by atoms with Gasteiger partial charge in [-0.1, -0.05) is 19.3 Å². The molecule has 0 saturated heterocycles. The summed E-state index contributed by atoms with van der Waals surface area (Å²) in [6.07, 6.45) is 11.0. The van der Waals surface area contributed by atoms with Crippen LogP contribution in [0.2, 0.25) is 0 Å². The highest BCUT2D eigenvalue weighted by molar-refractivity contribution is 5.27. The highest BCUT2D eigenvalue weighted by Crippen LogP contribution is 2.77. The van der Waals surface area contributed by atoms with E-state index in [0.717, 1.165) is 5.92 Å². The summed E-state index contributed by atoms with van der Waals surface area (Å²) in [5.74, 6) is 0.997. The normalized spacial score (nSPS) is 48.8. The molecule has 0 radical (unpaired) electrons. The number of nitrogens with zero attached hydrogens (tertiary/aromatic N) is 1. The Labute approximate surface area is 80.1 Å². The fourth-order valence-electron chi connectivity index (χ4n) is 4.13. The van der Waals surface area contributed by atoms with E-state index >= 15 is 0 Å². The SMILES string of the molecule is N#CC12CC(C3CCCCC3)(C1)C2. The van der Waals surface area contributed by atoms with Gasteiger partial charge in [0.15, 0.2) is 0 Å². The van der Waals surface area contributed by atoms with Crippen LogP contribution in [0.5, 0.6) is 0 Å². The second-order valence-corrected chi connectivity index (χ2v) is 5.62. The van der Waals surface area contributed by atoms with Gasteiger partial charge in [-0.2, -0.15) is 5.26 Å². The quantitative estimate of drug-likeness (QED) is 0.600. The molecule has 4 aliphatic carbocycles. The van der Waals surface area contributed by atoms with E-state index in [0.29, 0.717) is 5.41 Å². The zero-order valence-corrected chi connectivity index (χ0v) is 8.18. The van der Waals surface area contributed by atoms with Crippen LogP contribution in [0.15, 0.2) is 0 Å². The van der Waals surface area contributed by atoms with Crippen LogP contribution in [-0.2, 0) is 0 Å². The van der Waals surface area contributed by atoms with Gasteiger partial charge in [0.05, 0.1) is 11.5 Å². The molecular weight excluding hydrogens is 158 g/mol. The summed E-state index contributed by atoms with van der Waals surface area (Å²) in [6, 6.07) is 2.51. The molecule has 0 heterocycles. The van der Waals surface area contributed by atoms with E-state index in [9.17, 15) is 0 Å². The Morgan fingerprint density at radius 1 is 1.00 bits per heavy atom. The Morgan fingerprint density at radius 2 is 1.62 bits per heavy atom. The molecule has 0 N–H and O–H groups in total. The van der Waals surface area contributed by atoms with Crippen LogP contribution in [0.25, 0.3) is 0 Å². The lowest BCUT2D eigenvalue weighted by atomic mass is 9.31. The Balaban J connectivity index is 1.67. The number of nitriles is 1. The molecule has 1 nitrogen and oxygen atoms in total. The molecule has 4 saturated carbocycles. The standard InChI is InChI=1S/C12H17N/c13-9-11-6-12(7-11,8-11)10-4-2-1-3-5-10/h10H,1-8H2. The van der Waals surface area contributed by atoms with Crippen LogP contribution < -0.4 is 0 Å². The van der Waals surface area contributed by atoms with E-state index in [2.05, 4.69) is 6.07 Å². The van der Waals surface area contributed by atoms with E-state index in [1.54, 1.807) is 0 Å². The van der Waals surface area contributed by atoms with Crippen LogP contribution >= 0.6 is 0 Å². The second kappa shape index (κ2) is 2.29. The van der Waals surface area contributed by atoms with Gasteiger partial charge in [0.1, 0.15) is 0 Å². The third-order valence-electron chi connectivity index (χ3n) is 4.78. The average molecular weight is 175 g/mol. The zero-order valence-electron chi connectivity index (χ0n) is 8.18. The predicted molar refractivity (Wildman–Crippen MR) is 50.9 cm³/mol. The predicted octanol–water partition coefficient (Wildman–Crippen LogP) is 3.26. The summed E-state index contributed by atoms with van der Waals surface area (Å²) < 4.78 is 0. The lowest BCUT2D eigenvalue weighted by Crippen LogP contribution is -2.64. The third kappa shape index (κ3) is 0.870. The summed E-state index contributed by atoms with van der Waals surface area (Å²) in [4.78, 5) is 0. The lowest BCUT2D eigenvalue weighted by molar-refractivity contribution is -0.206. The smallest absolute Gasteiger partial charge is 0.0690 e. The van der Waals surface area contributed by atoms with Crippen LogP contribution in [-0.4, -0.2) is 0 Å². The summed E-state index contributed by atoms with van der Waals surface area (Å²) in [6.45, 7) is 0. The van der Waals surface area contributed by atoms with Gasteiger partial charge in [0, 0.05) is 0 Å². The number of hydrogen-bond donors (Lipinski definition) is 0. The molecular formula is C12H17N. The van der Waals surface area contributed by atoms with Crippen molar-refractivity contribution in [2.45, 2.75) is 51.4 Å². The summed E-state index contributed by atoms with van der Waals surface area (Å²) in [5.41, 5.74) is 0.855. The molecule has 70 valence electrons. The maximum absolute atomic E-state index is 8.95. The first kappa shape index (κ1) is 7.85. The highest BCUT2D eigenvalue weighted by atomic mass is 14.7. The molecule has 0 unspecified atom stereocenters. The van der Waals surface area contributed by atoms with Crippen LogP contribution in [0, 0.1) is 28.1 Å². The minimum Gasteiger partial charge on any atom is -0.198 e. The van der Waals surface area contributed by atoms with Crippen molar-refractivity contribution >= 4 is 0 Å². The molecule has 0 aliphatic heterocycles. The van der Waals surface area contributed by atoms with Gasteiger partial charge >= 0.3 is 0 Å². The Morgan fingerprint density at radius 3 is 2.15 bits per heavy atom. The van der Waals surface area contributed by atoms with Crippen molar-refractivity contribution in [3.63, 3.8) is 0 Å². The van der Waals surface area contributed by atoms with E-state index in [-0.39, 0.29) is 5.41 Å². The molecule has 13 heavy (non-hydrogen) atoms. The van der Waals surface area contributed by atoms with Gasteiger partial charge in [0.25, 0.3) is 0 Å². The topological polar surface area (TPSA) is 23.8 Å². The van der Waals surface area contributed by atoms with Gasteiger partial charge in [-0.05, 0) is 43.4 Å². The highest BCUT2D eigenvalue weighted by Gasteiger charge is 2.70. The van der Waals surface area contributed by atoms with Crippen molar-refractivity contribution < 1.29 is 0 Å². The Hall–Kier alpha value is -0.510. The van der Waals surface area contributed by atoms with Crippen LogP contribution in [0.1, 0.15) is 51.4 Å². The van der Waals surface area contributed by atoms with Gasteiger partial charge in [0.2, 0.25) is 0 Å². The van der Waals surface area contributed by atoms with E-state index < -0.39 is 0 Å². The third-order valence-corrected chi connectivity index (χ3v) is 4.78. The first-order valence-corrected chi connectivity index (χ1v) is 5.70. The van der Waals surface area contributed by atoms with Crippen molar-refractivity contribution in [2.75, 3.05) is 0 Å². The van der Waals surface area contributed by atoms with Crippen LogP contribution in [0.4, 0.5) is 0 Å². The Bertz CT molecular complexity index is 248. The van der Waals surface area contributed by atoms with Crippen molar-refractivity contribution in [3.8, 4) is 6.07 Å². The fourth-order valence-corrected chi connectivity index (χ4v) is 4.13. The largest absolute Gasteiger partial charge is 0.198 e.